The highest BCUT2D eigenvalue weighted by molar-refractivity contribution is 5.71. The molecule has 36 heavy (non-hydrogen) atoms. The first-order valence-corrected chi connectivity index (χ1v) is 11.0. The average molecular weight is 471 g/mol. The van der Waals surface area contributed by atoms with E-state index in [1.807, 2.05) is 53.7 Å². The zero-order valence-electron chi connectivity index (χ0n) is 21.4. The van der Waals surface area contributed by atoms with E-state index < -0.39 is 5.97 Å². The van der Waals surface area contributed by atoms with E-state index in [0.717, 1.165) is 16.7 Å². The molecule has 0 saturated carbocycles. The first kappa shape index (κ1) is 29.0. The highest BCUT2D eigenvalue weighted by Gasteiger charge is 2.26. The zero-order valence-corrected chi connectivity index (χ0v) is 21.4. The molecule has 0 aliphatic heterocycles. The fraction of sp³-hybridized carbons (Fsp3) is 0.303. The minimum Gasteiger partial charge on any atom is -0.507 e. The van der Waals surface area contributed by atoms with Crippen molar-refractivity contribution >= 4 is 5.97 Å². The van der Waals surface area contributed by atoms with E-state index in [4.69, 9.17) is 11.2 Å². The van der Waals surface area contributed by atoms with Crippen LogP contribution in [0, 0.1) is 95.4 Å². The Balaban J connectivity index is 2.69. The molecule has 3 nitrogen and oxygen atoms in total. The number of carbonyl (C=O) groups is 1. The number of terminal acetylenes is 1. The fourth-order valence-corrected chi connectivity index (χ4v) is 2.77. The number of benzene rings is 1. The van der Waals surface area contributed by atoms with Crippen molar-refractivity contribution in [1.29, 1.82) is 0 Å². The maximum absolute atomic E-state index is 12.1. The summed E-state index contributed by atoms with van der Waals surface area (Å²) in [4.78, 5) is 12.1. The molecule has 0 aliphatic rings. The summed E-state index contributed by atoms with van der Waals surface area (Å²) in [6, 6.07) is 3.90. The Morgan fingerprint density at radius 2 is 1.14 bits per heavy atom. The van der Waals surface area contributed by atoms with Gasteiger partial charge in [0.1, 0.15) is 11.9 Å². The van der Waals surface area contributed by atoms with Gasteiger partial charge in [0.15, 0.2) is 0 Å². The van der Waals surface area contributed by atoms with Crippen molar-refractivity contribution in [3.63, 3.8) is 0 Å². The lowest BCUT2D eigenvalue weighted by atomic mass is 9.78. The highest BCUT2D eigenvalue weighted by Crippen LogP contribution is 2.39. The number of aromatic hydroxyl groups is 1. The molecular formula is C33H26O3. The van der Waals surface area contributed by atoms with Crippen molar-refractivity contribution in [2.75, 3.05) is 0 Å². The van der Waals surface area contributed by atoms with E-state index in [-0.39, 0.29) is 17.3 Å². The number of hydrogen-bond acceptors (Lipinski definition) is 3. The number of esters is 1. The van der Waals surface area contributed by atoms with Gasteiger partial charge in [-0.25, -0.2) is 0 Å². The highest BCUT2D eigenvalue weighted by atomic mass is 16.5. The second-order valence-electron chi connectivity index (χ2n) is 9.39. The van der Waals surface area contributed by atoms with Crippen molar-refractivity contribution in [3.05, 3.63) is 28.8 Å². The maximum Gasteiger partial charge on any atom is 0.320 e. The molecule has 0 amide bonds. The molecule has 0 aromatic heterocycles. The predicted molar refractivity (Wildman–Crippen MR) is 143 cm³/mol. The van der Waals surface area contributed by atoms with Crippen LogP contribution >= 0.6 is 0 Å². The third kappa shape index (κ3) is 11.2. The van der Waals surface area contributed by atoms with Gasteiger partial charge < -0.3 is 9.84 Å². The monoisotopic (exact) mass is 470 g/mol. The molecule has 0 fully saturated rings. The SMILES string of the molecule is C#CC#CC#CC#CC#CC#CC#CC#COC(=O)CCc1cc(C(C)(C)C)c(O)c(C(C)(C)C)c1. The van der Waals surface area contributed by atoms with Crippen LogP contribution in [-0.4, -0.2) is 11.1 Å². The lowest BCUT2D eigenvalue weighted by Gasteiger charge is -2.28. The Morgan fingerprint density at radius 3 is 1.53 bits per heavy atom. The van der Waals surface area contributed by atoms with Crippen molar-refractivity contribution in [1.82, 2.24) is 0 Å². The first-order chi connectivity index (χ1) is 17.0. The molecule has 0 aliphatic carbocycles. The normalized spacial score (nSPS) is 8.81. The van der Waals surface area contributed by atoms with Crippen LogP contribution < -0.4 is 0 Å². The summed E-state index contributed by atoms with van der Waals surface area (Å²) in [5, 5.41) is 10.8. The number of rotatable bonds is 3. The summed E-state index contributed by atoms with van der Waals surface area (Å²) in [5.74, 6) is 33.9. The molecule has 1 aromatic carbocycles. The molecule has 1 N–H and O–H groups in total. The number of aryl methyl sites for hydroxylation is 1. The third-order valence-corrected chi connectivity index (χ3v) is 4.44. The Morgan fingerprint density at radius 1 is 0.750 bits per heavy atom. The molecule has 0 bridgehead atoms. The zero-order chi connectivity index (χ0) is 27.0. The van der Waals surface area contributed by atoms with E-state index >= 15 is 0 Å². The molecule has 3 heteroatoms. The van der Waals surface area contributed by atoms with Gasteiger partial charge in [-0.2, -0.15) is 0 Å². The number of carbonyl (C=O) groups excluding carboxylic acids is 1. The molecule has 0 spiro atoms. The summed E-state index contributed by atoms with van der Waals surface area (Å²) >= 11 is 0. The summed E-state index contributed by atoms with van der Waals surface area (Å²) < 4.78 is 4.91. The molecular weight excluding hydrogens is 444 g/mol. The van der Waals surface area contributed by atoms with E-state index in [2.05, 4.69) is 89.0 Å². The van der Waals surface area contributed by atoms with Gasteiger partial charge in [-0.3, -0.25) is 4.79 Å². The Kier molecular flexibility index (Phi) is 11.5. The van der Waals surface area contributed by atoms with E-state index in [1.165, 1.54) is 0 Å². The van der Waals surface area contributed by atoms with Gasteiger partial charge in [-0.15, -0.1) is 6.42 Å². The number of hydrogen-bond donors (Lipinski definition) is 1. The predicted octanol–water partition coefficient (Wildman–Crippen LogP) is 4.08. The van der Waals surface area contributed by atoms with Crippen LogP contribution in [0.15, 0.2) is 12.1 Å². The molecule has 1 aromatic rings. The van der Waals surface area contributed by atoms with Crippen LogP contribution in [0.3, 0.4) is 0 Å². The number of ether oxygens (including phenoxy) is 1. The van der Waals surface area contributed by atoms with Gasteiger partial charge in [-0.1, -0.05) is 53.7 Å². The summed E-state index contributed by atoms with van der Waals surface area (Å²) in [7, 11) is 0. The number of phenols is 1. The van der Waals surface area contributed by atoms with E-state index in [9.17, 15) is 9.90 Å². The third-order valence-electron chi connectivity index (χ3n) is 4.44. The van der Waals surface area contributed by atoms with Crippen molar-refractivity contribution in [2.45, 2.75) is 65.2 Å². The van der Waals surface area contributed by atoms with Gasteiger partial charge in [0.25, 0.3) is 0 Å². The first-order valence-electron chi connectivity index (χ1n) is 11.0. The molecule has 0 heterocycles. The van der Waals surface area contributed by atoms with Gasteiger partial charge in [-0.05, 0) is 75.4 Å². The second-order valence-corrected chi connectivity index (χ2v) is 9.39. The summed E-state index contributed by atoms with van der Waals surface area (Å²) in [6.45, 7) is 12.3. The molecule has 0 radical (unpaired) electrons. The van der Waals surface area contributed by atoms with Crippen LogP contribution in [0.5, 0.6) is 5.75 Å². The van der Waals surface area contributed by atoms with Gasteiger partial charge in [0.05, 0.1) is 6.42 Å². The Labute approximate surface area is 215 Å². The van der Waals surface area contributed by atoms with Crippen LogP contribution in [0.25, 0.3) is 0 Å². The summed E-state index contributed by atoms with van der Waals surface area (Å²) in [6.07, 6.45) is 7.82. The standard InChI is InChI=1S/C33H26O3/c1-8-9-10-11-12-13-14-15-16-17-18-19-20-21-24-36-30(34)23-22-27-25-28(32(2,3)4)31(35)29(26-27)33(5,6)7/h1,25-26,35H,22-23H2,2-7H3. The van der Waals surface area contributed by atoms with Crippen LogP contribution in [0.4, 0.5) is 0 Å². The van der Waals surface area contributed by atoms with Crippen LogP contribution in [0.2, 0.25) is 0 Å². The molecule has 0 unspecified atom stereocenters. The smallest absolute Gasteiger partial charge is 0.320 e. The van der Waals surface area contributed by atoms with Crippen molar-refractivity contribution in [3.8, 4) is 101 Å². The average Bonchev–Trinajstić information content (AvgIpc) is 2.79. The largest absolute Gasteiger partial charge is 0.507 e. The summed E-state index contributed by atoms with van der Waals surface area (Å²) in [5.41, 5.74) is 2.19. The second kappa shape index (κ2) is 14.3. The molecule has 176 valence electrons. The Bertz CT molecular complexity index is 1450. The lowest BCUT2D eigenvalue weighted by Crippen LogP contribution is -2.18. The van der Waals surface area contributed by atoms with Crippen molar-refractivity contribution < 1.29 is 14.6 Å². The lowest BCUT2D eigenvalue weighted by molar-refractivity contribution is -0.136. The quantitative estimate of drug-likeness (QED) is 0.535. The molecule has 1 rings (SSSR count). The molecule has 0 atom stereocenters. The van der Waals surface area contributed by atoms with Crippen molar-refractivity contribution in [2.24, 2.45) is 0 Å². The minimum atomic E-state index is -0.462. The molecule has 0 saturated heterocycles. The topological polar surface area (TPSA) is 46.5 Å². The van der Waals surface area contributed by atoms with Crippen LogP contribution in [-0.2, 0) is 26.8 Å². The van der Waals surface area contributed by atoms with E-state index in [0.29, 0.717) is 12.2 Å². The van der Waals surface area contributed by atoms with Gasteiger partial charge in [0, 0.05) is 41.4 Å². The van der Waals surface area contributed by atoms with Crippen LogP contribution in [0.1, 0.15) is 64.7 Å². The Hall–Kier alpha value is -5.03. The van der Waals surface area contributed by atoms with E-state index in [1.54, 1.807) is 0 Å². The van der Waals surface area contributed by atoms with Gasteiger partial charge >= 0.3 is 5.97 Å². The maximum atomic E-state index is 12.1. The number of phenolic OH excluding ortho intramolecular Hbond substituents is 1. The minimum absolute atomic E-state index is 0.150. The fourth-order valence-electron chi connectivity index (χ4n) is 2.77. The van der Waals surface area contributed by atoms with Gasteiger partial charge in [0.2, 0.25) is 0 Å².